The number of aromatic hydroxyl groups is 1. The maximum atomic E-state index is 12.6. The van der Waals surface area contributed by atoms with E-state index in [2.05, 4.69) is 4.72 Å². The van der Waals surface area contributed by atoms with Gasteiger partial charge < -0.3 is 21.1 Å². The second kappa shape index (κ2) is 10.2. The lowest BCUT2D eigenvalue weighted by atomic mass is 10.1. The molecule has 9 nitrogen and oxygen atoms in total. The van der Waals surface area contributed by atoms with Crippen molar-refractivity contribution >= 4 is 56.3 Å². The topological polar surface area (TPSA) is 167 Å². The molecule has 1 aromatic heterocycles. The van der Waals surface area contributed by atoms with Gasteiger partial charge in [-0.3, -0.25) is 4.72 Å². The summed E-state index contributed by atoms with van der Waals surface area (Å²) in [6.07, 6.45) is -5.08. The fraction of sp³-hybridized carbons (Fsp3) is 0.0526. The van der Waals surface area contributed by atoms with Crippen LogP contribution in [-0.4, -0.2) is 41.9 Å². The number of hydrogen-bond donors (Lipinski definition) is 5. The number of halogens is 4. The van der Waals surface area contributed by atoms with Crippen LogP contribution < -0.4 is 10.5 Å². The third-order valence-electron chi connectivity index (χ3n) is 3.87. The van der Waals surface area contributed by atoms with Crippen LogP contribution in [0.3, 0.4) is 0 Å². The Balaban J connectivity index is 0.000000509. The molecule has 0 amide bonds. The summed E-state index contributed by atoms with van der Waals surface area (Å²) in [5, 5.41) is 25.7. The fourth-order valence-corrected chi connectivity index (χ4v) is 5.14. The lowest BCUT2D eigenvalue weighted by Crippen LogP contribution is -2.21. The minimum absolute atomic E-state index is 0.0241. The Bertz CT molecular complexity index is 1320. The average Bonchev–Trinajstić information content (AvgIpc) is 3.10. The summed E-state index contributed by atoms with van der Waals surface area (Å²) in [4.78, 5) is 19.8. The van der Waals surface area contributed by atoms with Gasteiger partial charge in [0.1, 0.15) is 19.9 Å². The first kappa shape index (κ1) is 26.8. The molecule has 0 saturated carbocycles. The number of benzene rings is 2. The normalized spacial score (nSPS) is 11.3. The number of nitrogens with two attached hydrogens (primary N) is 1. The van der Waals surface area contributed by atoms with Gasteiger partial charge in [-0.1, -0.05) is 23.7 Å². The van der Waals surface area contributed by atoms with E-state index in [-0.39, 0.29) is 15.5 Å². The van der Waals surface area contributed by atoms with Gasteiger partial charge >= 0.3 is 18.1 Å². The molecule has 15 heteroatoms. The van der Waals surface area contributed by atoms with Crippen LogP contribution >= 0.6 is 22.9 Å². The Morgan fingerprint density at radius 1 is 1.03 bits per heavy atom. The molecule has 6 N–H and O–H groups in total. The third-order valence-corrected chi connectivity index (χ3v) is 7.09. The van der Waals surface area contributed by atoms with Gasteiger partial charge in [0.05, 0.1) is 5.69 Å². The average molecular weight is 539 g/mol. The van der Waals surface area contributed by atoms with Gasteiger partial charge in [0.2, 0.25) is 0 Å². The third kappa shape index (κ3) is 6.76. The molecule has 182 valence electrons. The molecule has 0 unspecified atom stereocenters. The van der Waals surface area contributed by atoms with Crippen molar-refractivity contribution < 1.29 is 46.5 Å². The van der Waals surface area contributed by atoms with Crippen molar-refractivity contribution in [2.24, 2.45) is 0 Å². The molecular weight excluding hydrogens is 525 g/mol. The Morgan fingerprint density at radius 2 is 1.59 bits per heavy atom. The maximum Gasteiger partial charge on any atom is 0.490 e. The predicted octanol–water partition coefficient (Wildman–Crippen LogP) is 4.49. The Kier molecular flexibility index (Phi) is 8.02. The van der Waals surface area contributed by atoms with E-state index in [0.29, 0.717) is 15.6 Å². The van der Waals surface area contributed by atoms with E-state index in [4.69, 9.17) is 32.3 Å². The maximum absolute atomic E-state index is 12.6. The number of rotatable bonds is 5. The number of carboxylic acids is 2. The largest absolute Gasteiger partial charge is 0.507 e. The zero-order valence-corrected chi connectivity index (χ0v) is 18.9. The van der Waals surface area contributed by atoms with E-state index in [1.165, 1.54) is 12.1 Å². The number of aromatic carboxylic acids is 1. The number of alkyl halides is 3. The molecule has 0 aliphatic carbocycles. The molecule has 0 spiro atoms. The number of aliphatic carboxylic acids is 1. The van der Waals surface area contributed by atoms with E-state index < -0.39 is 33.9 Å². The van der Waals surface area contributed by atoms with Gasteiger partial charge in [0.15, 0.2) is 0 Å². The number of carboxylic acid groups (broad SMARTS) is 2. The lowest BCUT2D eigenvalue weighted by molar-refractivity contribution is -0.192. The van der Waals surface area contributed by atoms with Crippen LogP contribution in [0.4, 0.5) is 24.5 Å². The summed E-state index contributed by atoms with van der Waals surface area (Å²) >= 11 is 7.08. The number of anilines is 2. The van der Waals surface area contributed by atoms with Gasteiger partial charge in [-0.15, -0.1) is 11.3 Å². The van der Waals surface area contributed by atoms with Crippen molar-refractivity contribution in [1.29, 1.82) is 0 Å². The van der Waals surface area contributed by atoms with Gasteiger partial charge in [-0.05, 0) is 35.9 Å². The number of thiophene rings is 1. The quantitative estimate of drug-likeness (QED) is 0.296. The van der Waals surface area contributed by atoms with Crippen molar-refractivity contribution in [3.05, 3.63) is 58.4 Å². The first-order valence-electron chi connectivity index (χ1n) is 8.66. The fourth-order valence-electron chi connectivity index (χ4n) is 2.32. The standard InChI is InChI=1S/C17H13ClN2O5S2.C2HF3O2/c18-16-13(9-1-3-10(19)4-2-9)8-15(26-16)27(24,25)20-11-5-6-12(17(22)23)14(21)7-11;3-2(4,5)1(6)7/h1-8,20-21H,19H2,(H,22,23);(H,6,7). The molecule has 0 atom stereocenters. The van der Waals surface area contributed by atoms with Crippen molar-refractivity contribution in [2.45, 2.75) is 10.4 Å². The van der Waals surface area contributed by atoms with Gasteiger partial charge in [0, 0.05) is 17.3 Å². The number of nitrogens with one attached hydrogen (secondary N) is 1. The van der Waals surface area contributed by atoms with Crippen LogP contribution in [0.25, 0.3) is 11.1 Å². The highest BCUT2D eigenvalue weighted by Crippen LogP contribution is 2.38. The van der Waals surface area contributed by atoms with Gasteiger partial charge in [0.25, 0.3) is 10.0 Å². The number of hydrogen-bond acceptors (Lipinski definition) is 7. The van der Waals surface area contributed by atoms with Crippen LogP contribution in [0.2, 0.25) is 4.34 Å². The monoisotopic (exact) mass is 538 g/mol. The Morgan fingerprint density at radius 3 is 2.06 bits per heavy atom. The lowest BCUT2D eigenvalue weighted by Gasteiger charge is -2.07. The zero-order chi connectivity index (χ0) is 25.8. The SMILES string of the molecule is Nc1ccc(-c2cc(S(=O)(=O)Nc3ccc(C(=O)O)c(O)c3)sc2Cl)cc1.O=C(O)C(F)(F)F. The van der Waals surface area contributed by atoms with E-state index in [1.807, 2.05) is 0 Å². The second-order valence-corrected chi connectivity index (χ2v) is 9.88. The first-order chi connectivity index (χ1) is 15.6. The van der Waals surface area contributed by atoms with Crippen LogP contribution in [0.5, 0.6) is 5.75 Å². The van der Waals surface area contributed by atoms with Crippen LogP contribution in [0.1, 0.15) is 10.4 Å². The summed E-state index contributed by atoms with van der Waals surface area (Å²) in [6, 6.07) is 11.6. The highest BCUT2D eigenvalue weighted by molar-refractivity contribution is 7.94. The molecule has 2 aromatic carbocycles. The molecule has 3 aromatic rings. The van der Waals surface area contributed by atoms with Gasteiger partial charge in [-0.25, -0.2) is 18.0 Å². The second-order valence-electron chi connectivity index (χ2n) is 6.32. The molecule has 0 bridgehead atoms. The van der Waals surface area contributed by atoms with Crippen molar-refractivity contribution in [3.63, 3.8) is 0 Å². The van der Waals surface area contributed by atoms with Crippen molar-refractivity contribution in [2.75, 3.05) is 10.5 Å². The number of carbonyl (C=O) groups is 2. The highest BCUT2D eigenvalue weighted by atomic mass is 35.5. The summed E-state index contributed by atoms with van der Waals surface area (Å²) in [5.74, 6) is -4.62. The Hall–Kier alpha value is -3.49. The molecule has 0 radical (unpaired) electrons. The minimum atomic E-state index is -5.08. The molecule has 0 fully saturated rings. The molecular formula is C19H14ClF3N2O7S2. The van der Waals surface area contributed by atoms with Crippen LogP contribution in [0, 0.1) is 0 Å². The van der Waals surface area contributed by atoms with E-state index in [0.717, 1.165) is 29.0 Å². The highest BCUT2D eigenvalue weighted by Gasteiger charge is 2.38. The zero-order valence-electron chi connectivity index (χ0n) is 16.5. The van der Waals surface area contributed by atoms with Crippen molar-refractivity contribution in [1.82, 2.24) is 0 Å². The predicted molar refractivity (Wildman–Crippen MR) is 119 cm³/mol. The Labute approximate surface area is 198 Å². The molecule has 1 heterocycles. The molecule has 0 aliphatic rings. The molecule has 0 aliphatic heterocycles. The molecule has 0 saturated heterocycles. The van der Waals surface area contributed by atoms with E-state index >= 15 is 0 Å². The van der Waals surface area contributed by atoms with Crippen LogP contribution in [0.15, 0.2) is 52.7 Å². The molecule has 3 rings (SSSR count). The minimum Gasteiger partial charge on any atom is -0.507 e. The van der Waals surface area contributed by atoms with E-state index in [9.17, 15) is 31.5 Å². The summed E-state index contributed by atoms with van der Waals surface area (Å²) < 4.78 is 59.5. The summed E-state index contributed by atoms with van der Waals surface area (Å²) in [5.41, 5.74) is 7.18. The number of sulfonamides is 1. The van der Waals surface area contributed by atoms with Crippen LogP contribution in [-0.2, 0) is 14.8 Å². The smallest absolute Gasteiger partial charge is 0.490 e. The van der Waals surface area contributed by atoms with E-state index in [1.54, 1.807) is 24.3 Å². The number of nitrogen functional groups attached to an aromatic ring is 1. The number of phenols is 1. The summed E-state index contributed by atoms with van der Waals surface area (Å²) in [7, 11) is -3.98. The van der Waals surface area contributed by atoms with Crippen molar-refractivity contribution in [3.8, 4) is 16.9 Å². The molecule has 34 heavy (non-hydrogen) atoms. The first-order valence-corrected chi connectivity index (χ1v) is 11.3. The summed E-state index contributed by atoms with van der Waals surface area (Å²) in [6.45, 7) is 0. The van der Waals surface area contributed by atoms with Gasteiger partial charge in [-0.2, -0.15) is 13.2 Å².